The van der Waals surface area contributed by atoms with Crippen LogP contribution < -0.4 is 5.32 Å². The Labute approximate surface area is 64.5 Å². The third kappa shape index (κ3) is 2.10. The lowest BCUT2D eigenvalue weighted by molar-refractivity contribution is 0.176. The van der Waals surface area contributed by atoms with Gasteiger partial charge in [0.05, 0.1) is 6.04 Å². The van der Waals surface area contributed by atoms with Crippen molar-refractivity contribution in [2.24, 2.45) is 0 Å². The maximum atomic E-state index is 10.5. The molecule has 0 saturated carbocycles. The van der Waals surface area contributed by atoms with Crippen molar-refractivity contribution >= 4 is 17.9 Å². The van der Waals surface area contributed by atoms with Gasteiger partial charge in [0.2, 0.25) is 0 Å². The zero-order valence-electron chi connectivity index (χ0n) is 5.92. The Morgan fingerprint density at radius 2 is 2.70 bits per heavy atom. The van der Waals surface area contributed by atoms with Crippen molar-refractivity contribution in [3.8, 4) is 0 Å². The van der Waals surface area contributed by atoms with Gasteiger partial charge in [-0.25, -0.2) is 4.79 Å². The summed E-state index contributed by atoms with van der Waals surface area (Å²) in [6.45, 7) is 0.541. The highest BCUT2D eigenvalue weighted by Gasteiger charge is 2.20. The number of hydrogen-bond donors (Lipinski definition) is 1. The summed E-state index contributed by atoms with van der Waals surface area (Å²) in [5, 5.41) is 2.71. The molecule has 1 atom stereocenters. The molecule has 0 aromatic heterocycles. The molecule has 58 valence electrons. The molecular weight excluding hydrogens is 150 g/mol. The van der Waals surface area contributed by atoms with Crippen LogP contribution in [-0.2, 0) is 4.74 Å². The first-order valence-electron chi connectivity index (χ1n) is 3.25. The van der Waals surface area contributed by atoms with Gasteiger partial charge in [-0.1, -0.05) is 0 Å². The highest BCUT2D eigenvalue weighted by Crippen LogP contribution is 2.05. The van der Waals surface area contributed by atoms with E-state index < -0.39 is 0 Å². The molecule has 0 aliphatic carbocycles. The van der Waals surface area contributed by atoms with Crippen LogP contribution in [0, 0.1) is 0 Å². The normalized spacial score (nSPS) is 24.1. The fourth-order valence-electron chi connectivity index (χ4n) is 0.842. The second kappa shape index (κ2) is 3.71. The SMILES string of the molecule is CSCC[C@H]1COC(=O)N1. The Morgan fingerprint density at radius 1 is 1.90 bits per heavy atom. The number of hydrogen-bond acceptors (Lipinski definition) is 3. The molecule has 4 heteroatoms. The van der Waals surface area contributed by atoms with Gasteiger partial charge in [-0.2, -0.15) is 11.8 Å². The number of thioether (sulfide) groups is 1. The van der Waals surface area contributed by atoms with Crippen molar-refractivity contribution in [2.45, 2.75) is 12.5 Å². The van der Waals surface area contributed by atoms with Gasteiger partial charge < -0.3 is 10.1 Å². The molecule has 1 aliphatic rings. The van der Waals surface area contributed by atoms with Crippen LogP contribution in [0.3, 0.4) is 0 Å². The number of carbonyl (C=O) groups is 1. The second-order valence-electron chi connectivity index (χ2n) is 2.22. The van der Waals surface area contributed by atoms with Gasteiger partial charge in [0.15, 0.2) is 0 Å². The average Bonchev–Trinajstić information content (AvgIpc) is 2.31. The molecule has 0 bridgehead atoms. The first-order valence-corrected chi connectivity index (χ1v) is 4.64. The number of rotatable bonds is 3. The van der Waals surface area contributed by atoms with E-state index >= 15 is 0 Å². The summed E-state index contributed by atoms with van der Waals surface area (Å²) in [5.74, 6) is 1.08. The summed E-state index contributed by atoms with van der Waals surface area (Å²) in [7, 11) is 0. The van der Waals surface area contributed by atoms with Gasteiger partial charge in [0.25, 0.3) is 0 Å². The Kier molecular flexibility index (Phi) is 2.86. The average molecular weight is 161 g/mol. The van der Waals surface area contributed by atoms with Crippen molar-refractivity contribution in [3.63, 3.8) is 0 Å². The number of alkyl carbamates (subject to hydrolysis) is 1. The monoisotopic (exact) mass is 161 g/mol. The number of amides is 1. The van der Waals surface area contributed by atoms with E-state index in [4.69, 9.17) is 4.74 Å². The first-order chi connectivity index (χ1) is 4.83. The molecule has 1 amide bonds. The predicted molar refractivity (Wildman–Crippen MR) is 41.3 cm³/mol. The molecule has 0 unspecified atom stereocenters. The first kappa shape index (κ1) is 7.72. The molecule has 1 saturated heterocycles. The van der Waals surface area contributed by atoms with E-state index in [1.165, 1.54) is 0 Å². The molecule has 3 nitrogen and oxygen atoms in total. The molecule has 1 aliphatic heterocycles. The van der Waals surface area contributed by atoms with E-state index in [-0.39, 0.29) is 12.1 Å². The molecule has 1 rings (SSSR count). The maximum absolute atomic E-state index is 10.5. The predicted octanol–water partition coefficient (Wildman–Crippen LogP) is 0.848. The number of cyclic esters (lactones) is 1. The van der Waals surface area contributed by atoms with E-state index in [0.29, 0.717) is 6.61 Å². The number of nitrogens with one attached hydrogen (secondary N) is 1. The van der Waals surface area contributed by atoms with Crippen molar-refractivity contribution in [1.29, 1.82) is 0 Å². The van der Waals surface area contributed by atoms with Crippen molar-refractivity contribution in [2.75, 3.05) is 18.6 Å². The third-order valence-corrected chi connectivity index (χ3v) is 2.05. The third-order valence-electron chi connectivity index (χ3n) is 1.41. The molecule has 0 aromatic rings. The fourth-order valence-corrected chi connectivity index (χ4v) is 1.36. The largest absolute Gasteiger partial charge is 0.447 e. The Hall–Kier alpha value is -0.380. The van der Waals surface area contributed by atoms with Crippen LogP contribution in [0.4, 0.5) is 4.79 Å². The summed E-state index contributed by atoms with van der Waals surface area (Å²) in [5.41, 5.74) is 0. The summed E-state index contributed by atoms with van der Waals surface area (Å²) in [6.07, 6.45) is 2.79. The Balaban J connectivity index is 2.12. The molecule has 1 N–H and O–H groups in total. The topological polar surface area (TPSA) is 38.3 Å². The summed E-state index contributed by atoms with van der Waals surface area (Å²) < 4.78 is 4.70. The lowest BCUT2D eigenvalue weighted by Gasteiger charge is -2.03. The van der Waals surface area contributed by atoms with Crippen LogP contribution in [0.15, 0.2) is 0 Å². The minimum atomic E-state index is -0.272. The zero-order chi connectivity index (χ0) is 7.40. The van der Waals surface area contributed by atoms with Gasteiger partial charge in [-0.3, -0.25) is 0 Å². The number of ether oxygens (including phenoxy) is 1. The second-order valence-corrected chi connectivity index (χ2v) is 3.21. The van der Waals surface area contributed by atoms with Crippen LogP contribution in [0.2, 0.25) is 0 Å². The molecule has 0 radical (unpaired) electrons. The van der Waals surface area contributed by atoms with Gasteiger partial charge in [0.1, 0.15) is 6.61 Å². The lowest BCUT2D eigenvalue weighted by atomic mass is 10.2. The minimum absolute atomic E-state index is 0.250. The lowest BCUT2D eigenvalue weighted by Crippen LogP contribution is -2.26. The summed E-state index contributed by atoms with van der Waals surface area (Å²) >= 11 is 1.78. The van der Waals surface area contributed by atoms with E-state index in [2.05, 4.69) is 11.6 Å². The molecule has 10 heavy (non-hydrogen) atoms. The quantitative estimate of drug-likeness (QED) is 0.666. The molecule has 0 spiro atoms. The van der Waals surface area contributed by atoms with Gasteiger partial charge >= 0.3 is 6.09 Å². The van der Waals surface area contributed by atoms with Crippen molar-refractivity contribution in [3.05, 3.63) is 0 Å². The van der Waals surface area contributed by atoms with E-state index in [1.807, 2.05) is 0 Å². The van der Waals surface area contributed by atoms with Crippen LogP contribution in [0.25, 0.3) is 0 Å². The summed E-state index contributed by atoms with van der Waals surface area (Å²) in [6, 6.07) is 0.250. The number of carbonyl (C=O) groups excluding carboxylic acids is 1. The highest BCUT2D eigenvalue weighted by atomic mass is 32.2. The zero-order valence-corrected chi connectivity index (χ0v) is 6.74. The van der Waals surface area contributed by atoms with E-state index in [0.717, 1.165) is 12.2 Å². The van der Waals surface area contributed by atoms with E-state index in [1.54, 1.807) is 11.8 Å². The minimum Gasteiger partial charge on any atom is -0.447 e. The van der Waals surface area contributed by atoms with E-state index in [9.17, 15) is 4.79 Å². The summed E-state index contributed by atoms with van der Waals surface area (Å²) in [4.78, 5) is 10.5. The molecule has 0 aromatic carbocycles. The fraction of sp³-hybridized carbons (Fsp3) is 0.833. The van der Waals surface area contributed by atoms with Gasteiger partial charge in [0, 0.05) is 0 Å². The molecule has 1 fully saturated rings. The van der Waals surface area contributed by atoms with Crippen molar-refractivity contribution in [1.82, 2.24) is 5.32 Å². The molecular formula is C6H11NO2S. The van der Waals surface area contributed by atoms with Gasteiger partial charge in [-0.15, -0.1) is 0 Å². The van der Waals surface area contributed by atoms with Crippen LogP contribution in [-0.4, -0.2) is 30.8 Å². The van der Waals surface area contributed by atoms with Crippen LogP contribution in [0.5, 0.6) is 0 Å². The maximum Gasteiger partial charge on any atom is 0.407 e. The smallest absolute Gasteiger partial charge is 0.407 e. The van der Waals surface area contributed by atoms with Crippen molar-refractivity contribution < 1.29 is 9.53 Å². The highest BCUT2D eigenvalue weighted by molar-refractivity contribution is 7.98. The van der Waals surface area contributed by atoms with Gasteiger partial charge in [-0.05, 0) is 18.4 Å². The van der Waals surface area contributed by atoms with Crippen LogP contribution in [0.1, 0.15) is 6.42 Å². The standard InChI is InChI=1S/C6H11NO2S/c1-10-3-2-5-4-9-6(8)7-5/h5H,2-4H2,1H3,(H,7,8)/t5-/m0/s1. The van der Waals surface area contributed by atoms with Crippen LogP contribution >= 0.6 is 11.8 Å². The Bertz CT molecular complexity index is 129. The molecule has 1 heterocycles. The Morgan fingerprint density at radius 3 is 3.20 bits per heavy atom.